The molecule has 28 heavy (non-hydrogen) atoms. The third-order valence-corrected chi connectivity index (χ3v) is 3.69. The molecule has 0 saturated heterocycles. The van der Waals surface area contributed by atoms with Gasteiger partial charge in [-0.15, -0.1) is 0 Å². The number of carbonyl (C=O) groups excluding carboxylic acids is 1. The summed E-state index contributed by atoms with van der Waals surface area (Å²) in [6, 6.07) is 9.35. The Bertz CT molecular complexity index is 970. The van der Waals surface area contributed by atoms with Crippen molar-refractivity contribution in [1.82, 2.24) is 15.3 Å². The van der Waals surface area contributed by atoms with Crippen molar-refractivity contribution in [3.05, 3.63) is 68.2 Å². The molecule has 148 valence electrons. The van der Waals surface area contributed by atoms with E-state index in [0.717, 1.165) is 11.6 Å². The molecular weight excluding hydrogens is 362 g/mol. The third-order valence-electron chi connectivity index (χ3n) is 3.69. The van der Waals surface area contributed by atoms with Gasteiger partial charge in [0, 0.05) is 40.8 Å². The number of hydrogen-bond donors (Lipinski definition) is 3. The van der Waals surface area contributed by atoms with E-state index in [2.05, 4.69) is 15.7 Å². The molecule has 0 radical (unpaired) electrons. The molecule has 0 spiro atoms. The first-order valence-electron chi connectivity index (χ1n) is 8.46. The molecule has 0 saturated carbocycles. The van der Waals surface area contributed by atoms with Gasteiger partial charge in [0.05, 0.1) is 0 Å². The Kier molecular flexibility index (Phi) is 6.67. The summed E-state index contributed by atoms with van der Waals surface area (Å²) in [5, 5.41) is 14.6. The number of amidine groups is 1. The second-order valence-corrected chi connectivity index (χ2v) is 6.45. The molecule has 0 heterocycles. The van der Waals surface area contributed by atoms with Gasteiger partial charge < -0.3 is 20.7 Å². The molecule has 0 atom stereocenters. The minimum absolute atomic E-state index is 0.0682. The molecule has 2 rings (SSSR count). The molecule has 0 aliphatic rings. The maximum atomic E-state index is 12.0. The van der Waals surface area contributed by atoms with Gasteiger partial charge in [-0.25, -0.2) is 10.0 Å². The van der Waals surface area contributed by atoms with Crippen molar-refractivity contribution in [2.45, 2.75) is 6.54 Å². The molecule has 1 amide bonds. The number of aliphatic hydroxyl groups excluding tert-OH is 1. The fourth-order valence-corrected chi connectivity index (χ4v) is 2.21. The summed E-state index contributed by atoms with van der Waals surface area (Å²) < 4.78 is 0. The molecular formula is C19H23N5O4. The van der Waals surface area contributed by atoms with Crippen molar-refractivity contribution < 1.29 is 9.90 Å². The highest BCUT2D eigenvalue weighted by atomic mass is 16.3. The molecule has 9 nitrogen and oxygen atoms in total. The second-order valence-electron chi connectivity index (χ2n) is 6.45. The number of nitrogens with zero attached hydrogens (tertiary/aromatic N) is 3. The smallest absolute Gasteiger partial charge is 0.255 e. The molecule has 0 unspecified atom stereocenters. The van der Waals surface area contributed by atoms with Gasteiger partial charge in [-0.3, -0.25) is 14.4 Å². The largest absolute Gasteiger partial charge is 0.504 e. The summed E-state index contributed by atoms with van der Waals surface area (Å²) >= 11 is 0. The maximum absolute atomic E-state index is 12.0. The standard InChI is InChI=1S/C19H23N5O4/c1-23(2)14(26)10-13(25)19(22-24(3)4)21-16-15(17(27)18(16)28)20-11-12-8-6-5-7-9-12/h5-10,20,25H,11H2,1-4H3,(H,21,22)/b13-10-. The average Bonchev–Trinajstić information content (AvgIpc) is 2.66. The van der Waals surface area contributed by atoms with Gasteiger partial charge in [0.2, 0.25) is 5.91 Å². The SMILES string of the molecule is CN(C)NC(=Nc1c(NCc2ccccc2)c(=O)c1=O)/C(O)=C/C(=O)N(C)C. The van der Waals surface area contributed by atoms with Crippen LogP contribution in [0, 0.1) is 0 Å². The summed E-state index contributed by atoms with van der Waals surface area (Å²) in [5.41, 5.74) is 2.17. The highest BCUT2D eigenvalue weighted by Crippen LogP contribution is 2.20. The molecule has 9 heteroatoms. The molecule has 2 aromatic carbocycles. The lowest BCUT2D eigenvalue weighted by molar-refractivity contribution is -0.123. The monoisotopic (exact) mass is 385 g/mol. The first-order chi connectivity index (χ1) is 13.2. The fourth-order valence-electron chi connectivity index (χ4n) is 2.21. The van der Waals surface area contributed by atoms with Crippen molar-refractivity contribution in [2.24, 2.45) is 4.99 Å². The van der Waals surface area contributed by atoms with Crippen molar-refractivity contribution >= 4 is 23.1 Å². The number of aliphatic imine (C=N–C) groups is 1. The van der Waals surface area contributed by atoms with Crippen LogP contribution in [-0.2, 0) is 11.3 Å². The number of nitrogens with one attached hydrogen (secondary N) is 2. The highest BCUT2D eigenvalue weighted by Gasteiger charge is 2.22. The fraction of sp³-hybridized carbons (Fsp3) is 0.263. The lowest BCUT2D eigenvalue weighted by atomic mass is 10.1. The molecule has 0 bridgehead atoms. The van der Waals surface area contributed by atoms with E-state index < -0.39 is 22.5 Å². The van der Waals surface area contributed by atoms with Gasteiger partial charge in [0.1, 0.15) is 11.4 Å². The second kappa shape index (κ2) is 8.96. The average molecular weight is 385 g/mol. The van der Waals surface area contributed by atoms with Crippen molar-refractivity contribution in [3.63, 3.8) is 0 Å². The van der Waals surface area contributed by atoms with E-state index in [1.807, 2.05) is 30.3 Å². The molecule has 2 aromatic rings. The van der Waals surface area contributed by atoms with Crippen LogP contribution in [0.1, 0.15) is 5.56 Å². The van der Waals surface area contributed by atoms with Gasteiger partial charge in [0.25, 0.3) is 10.9 Å². The highest BCUT2D eigenvalue weighted by molar-refractivity contribution is 6.03. The molecule has 0 fully saturated rings. The van der Waals surface area contributed by atoms with Crippen LogP contribution in [0.25, 0.3) is 0 Å². The van der Waals surface area contributed by atoms with E-state index in [0.29, 0.717) is 6.54 Å². The molecule has 0 aromatic heterocycles. The predicted octanol–water partition coefficient (Wildman–Crippen LogP) is 0.521. The number of aliphatic hydroxyl groups is 1. The number of hydrazine groups is 1. The maximum Gasteiger partial charge on any atom is 0.255 e. The zero-order valence-corrected chi connectivity index (χ0v) is 16.2. The van der Waals surface area contributed by atoms with Crippen molar-refractivity contribution in [2.75, 3.05) is 33.5 Å². The molecule has 3 N–H and O–H groups in total. The summed E-state index contributed by atoms with van der Waals surface area (Å²) in [7, 11) is 6.36. The summed E-state index contributed by atoms with van der Waals surface area (Å²) in [5.74, 6) is -1.05. The van der Waals surface area contributed by atoms with Crippen LogP contribution in [0.15, 0.2) is 56.7 Å². The lowest BCUT2D eigenvalue weighted by Crippen LogP contribution is -2.39. The van der Waals surface area contributed by atoms with Crippen LogP contribution >= 0.6 is 0 Å². The Morgan fingerprint density at radius 1 is 1.11 bits per heavy atom. The molecule has 0 aliphatic heterocycles. The van der Waals surface area contributed by atoms with Crippen LogP contribution < -0.4 is 21.6 Å². The van der Waals surface area contributed by atoms with E-state index >= 15 is 0 Å². The van der Waals surface area contributed by atoms with E-state index in [9.17, 15) is 19.5 Å². The number of hydrogen-bond acceptors (Lipinski definition) is 7. The first-order valence-corrected chi connectivity index (χ1v) is 8.46. The minimum atomic E-state index is -0.764. The van der Waals surface area contributed by atoms with Crippen molar-refractivity contribution in [1.29, 1.82) is 0 Å². The topological polar surface area (TPSA) is 114 Å². The summed E-state index contributed by atoms with van der Waals surface area (Å²) in [4.78, 5) is 41.1. The Morgan fingerprint density at radius 2 is 1.75 bits per heavy atom. The van der Waals surface area contributed by atoms with Crippen LogP contribution in [0.5, 0.6) is 0 Å². The predicted molar refractivity (Wildman–Crippen MR) is 108 cm³/mol. The van der Waals surface area contributed by atoms with Gasteiger partial charge in [0.15, 0.2) is 11.6 Å². The van der Waals surface area contributed by atoms with Gasteiger partial charge in [-0.1, -0.05) is 30.3 Å². The minimum Gasteiger partial charge on any atom is -0.504 e. The third kappa shape index (κ3) is 5.04. The van der Waals surface area contributed by atoms with E-state index in [1.165, 1.54) is 24.0 Å². The normalized spacial score (nSPS) is 12.3. The zero-order chi connectivity index (χ0) is 20.8. The Hall–Kier alpha value is -3.46. The quantitative estimate of drug-likeness (QED) is 0.159. The van der Waals surface area contributed by atoms with Gasteiger partial charge in [-0.05, 0) is 5.56 Å². The number of carbonyl (C=O) groups is 1. The van der Waals surface area contributed by atoms with Gasteiger partial charge in [-0.2, -0.15) is 0 Å². The number of rotatable bonds is 7. The Labute approximate surface area is 162 Å². The van der Waals surface area contributed by atoms with Crippen LogP contribution in [0.4, 0.5) is 11.4 Å². The summed E-state index contributed by atoms with van der Waals surface area (Å²) in [6.07, 6.45) is 0.970. The van der Waals surface area contributed by atoms with E-state index in [1.54, 1.807) is 14.1 Å². The van der Waals surface area contributed by atoms with Crippen molar-refractivity contribution in [3.8, 4) is 0 Å². The number of likely N-dealkylation sites (N-methyl/N-ethyl adjacent to an activating group) is 1. The van der Waals surface area contributed by atoms with Crippen LogP contribution in [-0.4, -0.2) is 54.9 Å². The Morgan fingerprint density at radius 3 is 2.32 bits per heavy atom. The number of benzene rings is 1. The van der Waals surface area contributed by atoms with E-state index in [4.69, 9.17) is 0 Å². The molecule has 0 aliphatic carbocycles. The first kappa shape index (κ1) is 20.8. The number of anilines is 1. The van der Waals surface area contributed by atoms with Gasteiger partial charge >= 0.3 is 0 Å². The lowest BCUT2D eigenvalue weighted by Gasteiger charge is -2.17. The van der Waals surface area contributed by atoms with Crippen LogP contribution in [0.3, 0.4) is 0 Å². The number of amides is 1. The van der Waals surface area contributed by atoms with Crippen LogP contribution in [0.2, 0.25) is 0 Å². The zero-order valence-electron chi connectivity index (χ0n) is 16.2. The summed E-state index contributed by atoms with van der Waals surface area (Å²) in [6.45, 7) is 0.339. The Balaban J connectivity index is 2.33. The van der Waals surface area contributed by atoms with E-state index in [-0.39, 0.29) is 17.2 Å².